The molecule has 2 rings (SSSR count). The molecule has 0 aliphatic rings. The van der Waals surface area contributed by atoms with Crippen molar-refractivity contribution in [2.24, 2.45) is 5.73 Å². The maximum Gasteiger partial charge on any atom is 0.534 e. The van der Waals surface area contributed by atoms with E-state index in [1.807, 2.05) is 0 Å². The summed E-state index contributed by atoms with van der Waals surface area (Å²) in [5, 5.41) is 0. The number of carbonyl (C=O) groups is 1. The van der Waals surface area contributed by atoms with Gasteiger partial charge in [-0.2, -0.15) is 21.6 Å². The third-order valence-corrected chi connectivity index (χ3v) is 4.64. The third kappa shape index (κ3) is 4.02. The number of amides is 1. The predicted octanol–water partition coefficient (Wildman–Crippen LogP) is 2.70. The molecule has 2 N–H and O–H groups in total. The average Bonchev–Trinajstić information content (AvgIpc) is 2.49. The Morgan fingerprint density at radius 1 is 1.04 bits per heavy atom. The van der Waals surface area contributed by atoms with E-state index in [1.165, 1.54) is 26.0 Å². The number of nitrogens with zero attached hydrogens (tertiary/aromatic N) is 2. The van der Waals surface area contributed by atoms with Gasteiger partial charge in [-0.3, -0.25) is 9.78 Å². The molecule has 1 aromatic carbocycles. The van der Waals surface area contributed by atoms with E-state index in [4.69, 9.17) is 5.73 Å². The lowest BCUT2D eigenvalue weighted by atomic mass is 10.0. The van der Waals surface area contributed by atoms with Gasteiger partial charge in [0.1, 0.15) is 11.4 Å². The highest BCUT2D eigenvalue weighted by molar-refractivity contribution is 7.88. The van der Waals surface area contributed by atoms with Gasteiger partial charge in [0.25, 0.3) is 5.91 Å². The van der Waals surface area contributed by atoms with Crippen molar-refractivity contribution in [2.75, 3.05) is 0 Å². The van der Waals surface area contributed by atoms with Crippen molar-refractivity contribution in [1.29, 1.82) is 0 Å². The highest BCUT2D eigenvalue weighted by atomic mass is 32.2. The maximum absolute atomic E-state index is 12.6. The van der Waals surface area contributed by atoms with E-state index >= 15 is 0 Å². The van der Waals surface area contributed by atoms with Crippen LogP contribution in [-0.4, -0.2) is 29.8 Å². The molecule has 7 nitrogen and oxygen atoms in total. The molecule has 1 amide bonds. The number of alkyl halides is 3. The van der Waals surface area contributed by atoms with Crippen LogP contribution in [-0.2, 0) is 10.1 Å². The highest BCUT2D eigenvalue weighted by Crippen LogP contribution is 2.34. The first-order chi connectivity index (χ1) is 12.2. The molecule has 0 radical (unpaired) electrons. The maximum atomic E-state index is 12.6. The van der Waals surface area contributed by atoms with Gasteiger partial charge in [0.2, 0.25) is 0 Å². The van der Waals surface area contributed by atoms with Crippen molar-refractivity contribution in [3.8, 4) is 17.0 Å². The van der Waals surface area contributed by atoms with E-state index in [-0.39, 0.29) is 16.8 Å². The SMILES string of the molecule is Cc1cc(-c2nc(C(N)=O)c(C)nc2C)cc(C)c1OS(=O)(=O)C(F)(F)F. The molecule has 0 saturated carbocycles. The number of primary amides is 1. The number of hydrogen-bond donors (Lipinski definition) is 1. The van der Waals surface area contributed by atoms with Gasteiger partial charge in [-0.1, -0.05) is 0 Å². The third-order valence-electron chi connectivity index (χ3n) is 3.69. The van der Waals surface area contributed by atoms with Gasteiger partial charge in [-0.25, -0.2) is 4.98 Å². The van der Waals surface area contributed by atoms with Gasteiger partial charge >= 0.3 is 15.6 Å². The normalized spacial score (nSPS) is 12.1. The summed E-state index contributed by atoms with van der Waals surface area (Å²) < 4.78 is 64.5. The average molecular weight is 403 g/mol. The van der Waals surface area contributed by atoms with Crippen LogP contribution in [0.1, 0.15) is 33.0 Å². The smallest absolute Gasteiger partial charge is 0.375 e. The van der Waals surface area contributed by atoms with E-state index in [2.05, 4.69) is 14.2 Å². The molecule has 146 valence electrons. The number of nitrogens with two attached hydrogens (primary N) is 1. The second kappa shape index (κ2) is 6.80. The Morgan fingerprint density at radius 2 is 1.56 bits per heavy atom. The van der Waals surface area contributed by atoms with Gasteiger partial charge in [-0.05, 0) is 51.0 Å². The lowest BCUT2D eigenvalue weighted by Gasteiger charge is -2.16. The Morgan fingerprint density at radius 3 is 2.00 bits per heavy atom. The number of benzene rings is 1. The minimum Gasteiger partial charge on any atom is -0.375 e. The summed E-state index contributed by atoms with van der Waals surface area (Å²) in [5.74, 6) is -1.20. The van der Waals surface area contributed by atoms with Gasteiger partial charge in [-0.15, -0.1) is 0 Å². The lowest BCUT2D eigenvalue weighted by Crippen LogP contribution is -2.28. The fourth-order valence-corrected chi connectivity index (χ4v) is 3.09. The molecule has 0 aliphatic carbocycles. The fourth-order valence-electron chi connectivity index (χ4n) is 2.51. The van der Waals surface area contributed by atoms with Crippen LogP contribution in [0.4, 0.5) is 13.2 Å². The zero-order valence-electron chi connectivity index (χ0n) is 14.8. The van der Waals surface area contributed by atoms with Crippen LogP contribution < -0.4 is 9.92 Å². The summed E-state index contributed by atoms with van der Waals surface area (Å²) in [6.07, 6.45) is 0. The van der Waals surface area contributed by atoms with Crippen molar-refractivity contribution < 1.29 is 30.6 Å². The van der Waals surface area contributed by atoms with E-state index < -0.39 is 27.3 Å². The molecule has 1 heterocycles. The number of carbonyl (C=O) groups excluding carboxylic acids is 1. The topological polar surface area (TPSA) is 112 Å². The molecule has 0 atom stereocenters. The summed E-state index contributed by atoms with van der Waals surface area (Å²) in [6, 6.07) is 2.79. The van der Waals surface area contributed by atoms with Gasteiger partial charge in [0, 0.05) is 5.56 Å². The summed E-state index contributed by atoms with van der Waals surface area (Å²) in [4.78, 5) is 19.9. The van der Waals surface area contributed by atoms with Crippen molar-refractivity contribution in [3.63, 3.8) is 0 Å². The molecular weight excluding hydrogens is 387 g/mol. The second-order valence-corrected chi connectivity index (χ2v) is 7.42. The zero-order chi connectivity index (χ0) is 20.7. The fraction of sp³-hybridized carbons (Fsp3) is 0.312. The van der Waals surface area contributed by atoms with Crippen LogP contribution in [0.15, 0.2) is 12.1 Å². The van der Waals surface area contributed by atoms with Crippen LogP contribution in [0.25, 0.3) is 11.3 Å². The molecular formula is C16H16F3N3O4S. The van der Waals surface area contributed by atoms with Crippen LogP contribution in [0, 0.1) is 27.7 Å². The number of hydrogen-bond acceptors (Lipinski definition) is 6. The van der Waals surface area contributed by atoms with E-state index in [1.54, 1.807) is 13.8 Å². The summed E-state index contributed by atoms with van der Waals surface area (Å²) >= 11 is 0. The molecule has 0 unspecified atom stereocenters. The zero-order valence-corrected chi connectivity index (χ0v) is 15.6. The number of aryl methyl sites for hydroxylation is 4. The first-order valence-electron chi connectivity index (χ1n) is 7.52. The number of halogens is 3. The molecule has 0 aliphatic heterocycles. The van der Waals surface area contributed by atoms with E-state index in [0.717, 1.165) is 0 Å². The van der Waals surface area contributed by atoms with Gasteiger partial charge < -0.3 is 9.92 Å². The van der Waals surface area contributed by atoms with Crippen molar-refractivity contribution >= 4 is 16.0 Å². The van der Waals surface area contributed by atoms with Gasteiger partial charge in [0.15, 0.2) is 0 Å². The minimum absolute atomic E-state index is 0.0362. The number of aromatic nitrogens is 2. The monoisotopic (exact) mass is 403 g/mol. The first-order valence-corrected chi connectivity index (χ1v) is 8.93. The Balaban J connectivity index is 2.59. The molecule has 11 heteroatoms. The largest absolute Gasteiger partial charge is 0.534 e. The molecule has 0 fully saturated rings. The molecule has 0 spiro atoms. The molecule has 0 bridgehead atoms. The van der Waals surface area contributed by atoms with Crippen molar-refractivity contribution in [3.05, 3.63) is 40.3 Å². The van der Waals surface area contributed by atoms with Gasteiger partial charge in [0.05, 0.1) is 17.1 Å². The number of rotatable bonds is 4. The molecule has 2 aromatic rings. The Labute approximate surface area is 153 Å². The van der Waals surface area contributed by atoms with Crippen LogP contribution in [0.3, 0.4) is 0 Å². The predicted molar refractivity (Wildman–Crippen MR) is 90.5 cm³/mol. The molecule has 27 heavy (non-hydrogen) atoms. The molecule has 0 saturated heterocycles. The van der Waals surface area contributed by atoms with E-state index in [9.17, 15) is 26.4 Å². The highest BCUT2D eigenvalue weighted by Gasteiger charge is 2.48. The standard InChI is InChI=1S/C16H16F3N3O4S/c1-7-5-11(12-9(3)21-10(4)13(22-12)15(20)23)6-8(2)14(7)26-27(24,25)16(17,18)19/h5-6H,1-4H3,(H2,20,23). The quantitative estimate of drug-likeness (QED) is 0.620. The summed E-state index contributed by atoms with van der Waals surface area (Å²) in [5.41, 5.74) is 1.50. The first kappa shape index (κ1) is 20.6. The lowest BCUT2D eigenvalue weighted by molar-refractivity contribution is -0.0500. The van der Waals surface area contributed by atoms with Crippen LogP contribution in [0.2, 0.25) is 0 Å². The Bertz CT molecular complexity index is 1010. The minimum atomic E-state index is -5.79. The van der Waals surface area contributed by atoms with Crippen molar-refractivity contribution in [2.45, 2.75) is 33.2 Å². The van der Waals surface area contributed by atoms with Crippen LogP contribution in [0.5, 0.6) is 5.75 Å². The second-order valence-electron chi connectivity index (χ2n) is 5.88. The molecule has 1 aromatic heterocycles. The Kier molecular flexibility index (Phi) is 5.19. The summed E-state index contributed by atoms with van der Waals surface area (Å²) in [7, 11) is -5.79. The van der Waals surface area contributed by atoms with E-state index in [0.29, 0.717) is 22.6 Å². The van der Waals surface area contributed by atoms with Crippen LogP contribution >= 0.6 is 0 Å². The summed E-state index contributed by atoms with van der Waals surface area (Å²) in [6.45, 7) is 6.00. The Hall–Kier alpha value is -2.69. The van der Waals surface area contributed by atoms with Crippen molar-refractivity contribution in [1.82, 2.24) is 9.97 Å².